The monoisotopic (exact) mass is 352 g/mol. The van der Waals surface area contributed by atoms with Crippen molar-refractivity contribution in [2.24, 2.45) is 5.92 Å². The first-order valence-electron chi connectivity index (χ1n) is 8.92. The number of nitrogens with one attached hydrogen (secondary N) is 1. The summed E-state index contributed by atoms with van der Waals surface area (Å²) in [4.78, 5) is 14.6. The maximum atomic E-state index is 12.5. The zero-order valence-corrected chi connectivity index (χ0v) is 16.3. The summed E-state index contributed by atoms with van der Waals surface area (Å²) in [5.41, 5.74) is 0.507. The van der Waals surface area contributed by atoms with Crippen molar-refractivity contribution in [3.8, 4) is 17.2 Å². The molecular formula is C19H32N2O4. The van der Waals surface area contributed by atoms with Gasteiger partial charge in [-0.1, -0.05) is 6.92 Å². The summed E-state index contributed by atoms with van der Waals surface area (Å²) in [6.45, 7) is 10.8. The molecule has 25 heavy (non-hydrogen) atoms. The predicted molar refractivity (Wildman–Crippen MR) is 100 cm³/mol. The number of hydrogen-bond acceptors (Lipinski definition) is 5. The lowest BCUT2D eigenvalue weighted by Crippen LogP contribution is -2.32. The van der Waals surface area contributed by atoms with Gasteiger partial charge in [-0.15, -0.1) is 0 Å². The molecule has 0 aliphatic carbocycles. The van der Waals surface area contributed by atoms with E-state index in [9.17, 15) is 4.79 Å². The molecule has 1 aromatic rings. The van der Waals surface area contributed by atoms with E-state index in [4.69, 9.17) is 14.2 Å². The minimum Gasteiger partial charge on any atom is -0.490 e. The van der Waals surface area contributed by atoms with E-state index >= 15 is 0 Å². The summed E-state index contributed by atoms with van der Waals surface area (Å²) in [7, 11) is 4.04. The Kier molecular flexibility index (Phi) is 9.13. The standard InChI is InChI=1S/C19H32N2O4/c1-7-23-16-10-15(11-17(24-8-2)18(16)25-9-3)19(22)20-12-14(4)13-21(5)6/h10-11,14H,7-9,12-13H2,1-6H3,(H,20,22)/t14-/m0/s1. The van der Waals surface area contributed by atoms with Gasteiger partial charge in [0.15, 0.2) is 11.5 Å². The van der Waals surface area contributed by atoms with Crippen molar-refractivity contribution < 1.29 is 19.0 Å². The van der Waals surface area contributed by atoms with E-state index in [1.165, 1.54) is 0 Å². The first kappa shape index (κ1) is 21.1. The summed E-state index contributed by atoms with van der Waals surface area (Å²) in [5, 5.41) is 2.98. The summed E-state index contributed by atoms with van der Waals surface area (Å²) >= 11 is 0. The molecule has 1 rings (SSSR count). The van der Waals surface area contributed by atoms with Crippen molar-refractivity contribution in [2.75, 3.05) is 47.0 Å². The van der Waals surface area contributed by atoms with Gasteiger partial charge in [0, 0.05) is 18.7 Å². The van der Waals surface area contributed by atoms with Gasteiger partial charge in [-0.3, -0.25) is 4.79 Å². The molecule has 0 saturated carbocycles. The van der Waals surface area contributed by atoms with Crippen LogP contribution in [0.1, 0.15) is 38.1 Å². The van der Waals surface area contributed by atoms with Gasteiger partial charge in [-0.05, 0) is 52.9 Å². The quantitative estimate of drug-likeness (QED) is 0.664. The molecule has 0 aliphatic rings. The minimum atomic E-state index is -0.143. The highest BCUT2D eigenvalue weighted by Crippen LogP contribution is 2.39. The maximum Gasteiger partial charge on any atom is 0.251 e. The van der Waals surface area contributed by atoms with Gasteiger partial charge >= 0.3 is 0 Å². The van der Waals surface area contributed by atoms with Crippen LogP contribution in [0.25, 0.3) is 0 Å². The Labute approximate surface area is 151 Å². The van der Waals surface area contributed by atoms with Crippen molar-refractivity contribution in [3.05, 3.63) is 17.7 Å². The molecule has 1 N–H and O–H groups in total. The van der Waals surface area contributed by atoms with Crippen LogP contribution in [0.15, 0.2) is 12.1 Å². The molecule has 142 valence electrons. The fraction of sp³-hybridized carbons (Fsp3) is 0.632. The van der Waals surface area contributed by atoms with Crippen molar-refractivity contribution >= 4 is 5.91 Å². The lowest BCUT2D eigenvalue weighted by molar-refractivity contribution is 0.0944. The van der Waals surface area contributed by atoms with E-state index in [0.717, 1.165) is 6.54 Å². The van der Waals surface area contributed by atoms with Gasteiger partial charge in [0.05, 0.1) is 19.8 Å². The Bertz CT molecular complexity index is 519. The van der Waals surface area contributed by atoms with Crippen LogP contribution in [0.2, 0.25) is 0 Å². The second kappa shape index (κ2) is 10.8. The number of ether oxygens (including phenoxy) is 3. The molecule has 6 heteroatoms. The van der Waals surface area contributed by atoms with Crippen LogP contribution in [0.3, 0.4) is 0 Å². The third-order valence-corrected chi connectivity index (χ3v) is 3.46. The molecule has 0 saturated heterocycles. The number of amides is 1. The summed E-state index contributed by atoms with van der Waals surface area (Å²) in [5.74, 6) is 1.82. The Morgan fingerprint density at radius 3 is 2.00 bits per heavy atom. The minimum absolute atomic E-state index is 0.143. The molecule has 1 amide bonds. The van der Waals surface area contributed by atoms with Crippen LogP contribution in [0.5, 0.6) is 17.2 Å². The van der Waals surface area contributed by atoms with Crippen LogP contribution in [0.4, 0.5) is 0 Å². The molecule has 1 aromatic carbocycles. The number of hydrogen-bond donors (Lipinski definition) is 1. The summed E-state index contributed by atoms with van der Waals surface area (Å²) < 4.78 is 17.0. The molecule has 0 fully saturated rings. The number of nitrogens with zero attached hydrogens (tertiary/aromatic N) is 1. The average molecular weight is 352 g/mol. The highest BCUT2D eigenvalue weighted by molar-refractivity contribution is 5.95. The lowest BCUT2D eigenvalue weighted by Gasteiger charge is -2.19. The van der Waals surface area contributed by atoms with Gasteiger partial charge in [-0.2, -0.15) is 0 Å². The van der Waals surface area contributed by atoms with E-state index < -0.39 is 0 Å². The SMILES string of the molecule is CCOc1cc(C(=O)NC[C@H](C)CN(C)C)cc(OCC)c1OCC. The fourth-order valence-corrected chi connectivity index (χ4v) is 2.58. The Morgan fingerprint density at radius 1 is 1.04 bits per heavy atom. The van der Waals surface area contributed by atoms with Crippen molar-refractivity contribution in [2.45, 2.75) is 27.7 Å². The molecule has 0 aromatic heterocycles. The number of rotatable bonds is 11. The Morgan fingerprint density at radius 2 is 1.56 bits per heavy atom. The average Bonchev–Trinajstić information content (AvgIpc) is 2.55. The Balaban J connectivity index is 2.99. The van der Waals surface area contributed by atoms with Crippen LogP contribution in [-0.4, -0.2) is 57.8 Å². The number of carbonyl (C=O) groups excluding carboxylic acids is 1. The predicted octanol–water partition coefficient (Wildman–Crippen LogP) is 2.81. The van der Waals surface area contributed by atoms with Gasteiger partial charge in [0.25, 0.3) is 5.91 Å². The van der Waals surface area contributed by atoms with Crippen molar-refractivity contribution in [3.63, 3.8) is 0 Å². The second-order valence-electron chi connectivity index (χ2n) is 6.18. The highest BCUT2D eigenvalue weighted by atomic mass is 16.5. The van der Waals surface area contributed by atoms with Crippen LogP contribution >= 0.6 is 0 Å². The van der Waals surface area contributed by atoms with E-state index in [0.29, 0.717) is 55.1 Å². The number of benzene rings is 1. The van der Waals surface area contributed by atoms with E-state index in [-0.39, 0.29) is 5.91 Å². The molecule has 0 heterocycles. The lowest BCUT2D eigenvalue weighted by atomic mass is 10.1. The van der Waals surface area contributed by atoms with E-state index in [2.05, 4.69) is 17.1 Å². The molecule has 0 radical (unpaired) electrons. The highest BCUT2D eigenvalue weighted by Gasteiger charge is 2.18. The third kappa shape index (κ3) is 6.82. The summed E-state index contributed by atoms with van der Waals surface area (Å²) in [6, 6.07) is 3.42. The van der Waals surface area contributed by atoms with Gasteiger partial charge in [0.1, 0.15) is 0 Å². The molecule has 1 atom stereocenters. The smallest absolute Gasteiger partial charge is 0.251 e. The fourth-order valence-electron chi connectivity index (χ4n) is 2.58. The van der Waals surface area contributed by atoms with Crippen LogP contribution < -0.4 is 19.5 Å². The van der Waals surface area contributed by atoms with Gasteiger partial charge in [0.2, 0.25) is 5.75 Å². The second-order valence-corrected chi connectivity index (χ2v) is 6.18. The first-order valence-corrected chi connectivity index (χ1v) is 8.92. The number of carbonyl (C=O) groups is 1. The normalized spacial score (nSPS) is 12.0. The first-order chi connectivity index (χ1) is 11.9. The van der Waals surface area contributed by atoms with Crippen LogP contribution in [0, 0.1) is 5.92 Å². The van der Waals surface area contributed by atoms with Gasteiger partial charge < -0.3 is 24.4 Å². The zero-order chi connectivity index (χ0) is 18.8. The summed E-state index contributed by atoms with van der Waals surface area (Å²) in [6.07, 6.45) is 0. The van der Waals surface area contributed by atoms with Crippen molar-refractivity contribution in [1.82, 2.24) is 10.2 Å². The van der Waals surface area contributed by atoms with Crippen LogP contribution in [-0.2, 0) is 0 Å². The molecule has 0 unspecified atom stereocenters. The van der Waals surface area contributed by atoms with Gasteiger partial charge in [-0.25, -0.2) is 0 Å². The molecule has 0 aliphatic heterocycles. The van der Waals surface area contributed by atoms with Crippen molar-refractivity contribution in [1.29, 1.82) is 0 Å². The van der Waals surface area contributed by atoms with E-state index in [1.54, 1.807) is 12.1 Å². The zero-order valence-electron chi connectivity index (χ0n) is 16.3. The third-order valence-electron chi connectivity index (χ3n) is 3.46. The van der Waals surface area contributed by atoms with E-state index in [1.807, 2.05) is 34.9 Å². The topological polar surface area (TPSA) is 60.0 Å². The molecule has 0 bridgehead atoms. The molecular weight excluding hydrogens is 320 g/mol. The largest absolute Gasteiger partial charge is 0.490 e. The Hall–Kier alpha value is -1.95. The molecule has 6 nitrogen and oxygen atoms in total. The maximum absolute atomic E-state index is 12.5. The molecule has 0 spiro atoms.